The number of hydrazine groups is 1. The van der Waals surface area contributed by atoms with Crippen molar-refractivity contribution in [2.75, 3.05) is 26.9 Å². The molecular formula is C24H32N2O6. The van der Waals surface area contributed by atoms with Crippen LogP contribution in [0.3, 0.4) is 0 Å². The molecule has 8 nitrogen and oxygen atoms in total. The lowest BCUT2D eigenvalue weighted by atomic mass is 10.2. The van der Waals surface area contributed by atoms with Crippen LogP contribution in [0.4, 0.5) is 0 Å². The van der Waals surface area contributed by atoms with Crippen LogP contribution in [-0.2, 0) is 0 Å². The minimum atomic E-state index is -0.482. The second kappa shape index (κ2) is 13.1. The Balaban J connectivity index is 2.02. The first-order valence-corrected chi connectivity index (χ1v) is 10.8. The van der Waals surface area contributed by atoms with Crippen LogP contribution in [0.5, 0.6) is 23.0 Å². The molecule has 8 heteroatoms. The number of benzene rings is 2. The molecule has 2 amide bonds. The molecule has 0 aliphatic heterocycles. The van der Waals surface area contributed by atoms with Gasteiger partial charge in [0.2, 0.25) is 0 Å². The number of unbranched alkanes of at least 4 members (excludes halogenated alkanes) is 1. The summed E-state index contributed by atoms with van der Waals surface area (Å²) in [7, 11) is 1.51. The molecule has 0 unspecified atom stereocenters. The van der Waals surface area contributed by atoms with Crippen molar-refractivity contribution < 1.29 is 28.5 Å². The molecule has 0 atom stereocenters. The molecule has 2 aromatic rings. The predicted molar refractivity (Wildman–Crippen MR) is 122 cm³/mol. The fourth-order valence-corrected chi connectivity index (χ4v) is 2.76. The van der Waals surface area contributed by atoms with Gasteiger partial charge < -0.3 is 18.9 Å². The zero-order valence-corrected chi connectivity index (χ0v) is 19.2. The van der Waals surface area contributed by atoms with E-state index < -0.39 is 11.8 Å². The average molecular weight is 445 g/mol. The number of ether oxygens (including phenoxy) is 4. The molecule has 0 aliphatic carbocycles. The summed E-state index contributed by atoms with van der Waals surface area (Å²) >= 11 is 0. The molecule has 2 N–H and O–H groups in total. The van der Waals surface area contributed by atoms with E-state index in [4.69, 9.17) is 18.9 Å². The minimum absolute atomic E-state index is 0.323. The van der Waals surface area contributed by atoms with Gasteiger partial charge in [0.1, 0.15) is 0 Å². The Hall–Kier alpha value is -3.42. The van der Waals surface area contributed by atoms with E-state index in [0.717, 1.165) is 19.3 Å². The molecule has 0 fully saturated rings. The predicted octanol–water partition coefficient (Wildman–Crippen LogP) is 4.14. The molecule has 174 valence electrons. The molecule has 0 radical (unpaired) electrons. The van der Waals surface area contributed by atoms with E-state index in [9.17, 15) is 9.59 Å². The van der Waals surface area contributed by atoms with Crippen LogP contribution in [0.2, 0.25) is 0 Å². The quantitative estimate of drug-likeness (QED) is 0.377. The number of nitrogens with one attached hydrogen (secondary N) is 2. The number of amides is 2. The molecule has 0 spiro atoms. The van der Waals surface area contributed by atoms with Crippen molar-refractivity contribution in [2.24, 2.45) is 0 Å². The summed E-state index contributed by atoms with van der Waals surface area (Å²) in [6, 6.07) is 9.73. The Morgan fingerprint density at radius 3 is 1.81 bits per heavy atom. The van der Waals surface area contributed by atoms with Gasteiger partial charge >= 0.3 is 0 Å². The zero-order valence-electron chi connectivity index (χ0n) is 19.2. The Morgan fingerprint density at radius 2 is 1.28 bits per heavy atom. The second-order valence-electron chi connectivity index (χ2n) is 6.92. The van der Waals surface area contributed by atoms with E-state index in [1.54, 1.807) is 36.4 Å². The van der Waals surface area contributed by atoms with Gasteiger partial charge in [0.25, 0.3) is 11.8 Å². The van der Waals surface area contributed by atoms with Crippen LogP contribution in [0.15, 0.2) is 36.4 Å². The SMILES string of the molecule is CCCCOc1ccc(C(=O)NNC(=O)c2ccc(OCCC)c(OCC)c2)cc1OC. The lowest BCUT2D eigenvalue weighted by Gasteiger charge is -2.14. The maximum atomic E-state index is 12.5. The van der Waals surface area contributed by atoms with Crippen molar-refractivity contribution in [3.63, 3.8) is 0 Å². The number of carbonyl (C=O) groups excluding carboxylic acids is 2. The Labute approximate surface area is 189 Å². The van der Waals surface area contributed by atoms with E-state index in [-0.39, 0.29) is 0 Å². The summed E-state index contributed by atoms with van der Waals surface area (Å²) in [5.41, 5.74) is 5.48. The van der Waals surface area contributed by atoms with Gasteiger partial charge in [-0.2, -0.15) is 0 Å². The van der Waals surface area contributed by atoms with Gasteiger partial charge in [0.05, 0.1) is 26.9 Å². The van der Waals surface area contributed by atoms with E-state index in [1.165, 1.54) is 7.11 Å². The number of carbonyl (C=O) groups is 2. The maximum absolute atomic E-state index is 12.5. The van der Waals surface area contributed by atoms with Crippen molar-refractivity contribution in [1.29, 1.82) is 0 Å². The third kappa shape index (κ3) is 7.08. The summed E-state index contributed by atoms with van der Waals surface area (Å²) in [5.74, 6) is 1.10. The van der Waals surface area contributed by atoms with Gasteiger partial charge in [-0.25, -0.2) is 0 Å². The average Bonchev–Trinajstić information content (AvgIpc) is 2.81. The highest BCUT2D eigenvalue weighted by molar-refractivity contribution is 5.99. The van der Waals surface area contributed by atoms with Crippen molar-refractivity contribution in [3.8, 4) is 23.0 Å². The summed E-state index contributed by atoms with van der Waals surface area (Å²) in [4.78, 5) is 25.0. The van der Waals surface area contributed by atoms with Crippen molar-refractivity contribution >= 4 is 11.8 Å². The summed E-state index contributed by atoms with van der Waals surface area (Å²) in [6.07, 6.45) is 2.80. The van der Waals surface area contributed by atoms with Crippen LogP contribution in [-0.4, -0.2) is 38.7 Å². The van der Waals surface area contributed by atoms with Crippen LogP contribution < -0.4 is 29.8 Å². The largest absolute Gasteiger partial charge is 0.493 e. The topological polar surface area (TPSA) is 95.1 Å². The molecule has 0 saturated heterocycles. The van der Waals surface area contributed by atoms with Crippen molar-refractivity contribution in [2.45, 2.75) is 40.0 Å². The number of methoxy groups -OCH3 is 1. The van der Waals surface area contributed by atoms with E-state index in [2.05, 4.69) is 17.8 Å². The Bertz CT molecular complexity index is 900. The van der Waals surface area contributed by atoms with Gasteiger partial charge in [-0.1, -0.05) is 20.3 Å². The monoisotopic (exact) mass is 444 g/mol. The molecular weight excluding hydrogens is 412 g/mol. The molecule has 0 heterocycles. The highest BCUT2D eigenvalue weighted by atomic mass is 16.5. The fourth-order valence-electron chi connectivity index (χ4n) is 2.76. The molecule has 0 aromatic heterocycles. The number of hydrogen-bond donors (Lipinski definition) is 2. The first-order chi connectivity index (χ1) is 15.5. The number of rotatable bonds is 12. The zero-order chi connectivity index (χ0) is 23.3. The highest BCUT2D eigenvalue weighted by Crippen LogP contribution is 2.29. The van der Waals surface area contributed by atoms with Crippen molar-refractivity contribution in [3.05, 3.63) is 47.5 Å². The van der Waals surface area contributed by atoms with Gasteiger partial charge in [-0.3, -0.25) is 20.4 Å². The van der Waals surface area contributed by atoms with Crippen LogP contribution in [0, 0.1) is 0 Å². The molecule has 0 saturated carbocycles. The van der Waals surface area contributed by atoms with E-state index in [1.807, 2.05) is 13.8 Å². The van der Waals surface area contributed by atoms with Gasteiger partial charge in [-0.05, 0) is 56.2 Å². The minimum Gasteiger partial charge on any atom is -0.493 e. The molecule has 0 aliphatic rings. The highest BCUT2D eigenvalue weighted by Gasteiger charge is 2.15. The summed E-state index contributed by atoms with van der Waals surface area (Å²) < 4.78 is 22.2. The molecule has 2 aromatic carbocycles. The second-order valence-corrected chi connectivity index (χ2v) is 6.92. The lowest BCUT2D eigenvalue weighted by Crippen LogP contribution is -2.41. The fraction of sp³-hybridized carbons (Fsp3) is 0.417. The third-order valence-electron chi connectivity index (χ3n) is 4.44. The summed E-state index contributed by atoms with van der Waals surface area (Å²) in [5, 5.41) is 0. The van der Waals surface area contributed by atoms with Crippen LogP contribution >= 0.6 is 0 Å². The van der Waals surface area contributed by atoms with Crippen LogP contribution in [0.1, 0.15) is 60.7 Å². The standard InChI is InChI=1S/C24H32N2O6/c1-5-8-14-32-19-11-9-17(15-21(19)29-4)23(27)25-26-24(28)18-10-12-20(31-13-6-2)22(16-18)30-7-3/h9-12,15-16H,5-8,13-14H2,1-4H3,(H,25,27)(H,26,28). The smallest absolute Gasteiger partial charge is 0.269 e. The van der Waals surface area contributed by atoms with E-state index in [0.29, 0.717) is 53.9 Å². The molecule has 32 heavy (non-hydrogen) atoms. The van der Waals surface area contributed by atoms with Crippen molar-refractivity contribution in [1.82, 2.24) is 10.9 Å². The van der Waals surface area contributed by atoms with Gasteiger partial charge in [0.15, 0.2) is 23.0 Å². The molecule has 0 bridgehead atoms. The third-order valence-corrected chi connectivity index (χ3v) is 4.44. The van der Waals surface area contributed by atoms with Gasteiger partial charge in [0, 0.05) is 11.1 Å². The van der Waals surface area contributed by atoms with Gasteiger partial charge in [-0.15, -0.1) is 0 Å². The maximum Gasteiger partial charge on any atom is 0.269 e. The Kier molecular flexibility index (Phi) is 10.2. The number of hydrogen-bond acceptors (Lipinski definition) is 6. The first kappa shape index (κ1) is 24.8. The Morgan fingerprint density at radius 1 is 0.719 bits per heavy atom. The lowest BCUT2D eigenvalue weighted by molar-refractivity contribution is 0.0846. The van der Waals surface area contributed by atoms with E-state index >= 15 is 0 Å². The summed E-state index contributed by atoms with van der Waals surface area (Å²) in [6.45, 7) is 7.49. The first-order valence-electron chi connectivity index (χ1n) is 10.8. The molecule has 2 rings (SSSR count). The van der Waals surface area contributed by atoms with Crippen LogP contribution in [0.25, 0.3) is 0 Å². The normalized spacial score (nSPS) is 10.2.